The number of amidine groups is 1. The number of aromatic nitrogens is 2. The molecule has 2 aromatic carbocycles. The lowest BCUT2D eigenvalue weighted by atomic mass is 10.1. The minimum atomic E-state index is -3.62. The van der Waals surface area contributed by atoms with Crippen LogP contribution in [0.4, 0.5) is 11.5 Å². The van der Waals surface area contributed by atoms with Gasteiger partial charge in [-0.05, 0) is 29.7 Å². The van der Waals surface area contributed by atoms with Crippen molar-refractivity contribution in [3.63, 3.8) is 0 Å². The summed E-state index contributed by atoms with van der Waals surface area (Å²) in [6.45, 7) is 3.47. The van der Waals surface area contributed by atoms with Crippen molar-refractivity contribution >= 4 is 33.1 Å². The second kappa shape index (κ2) is 11.2. The van der Waals surface area contributed by atoms with E-state index < -0.39 is 21.3 Å². The lowest BCUT2D eigenvalue weighted by Gasteiger charge is -2.16. The zero-order valence-corrected chi connectivity index (χ0v) is 21.7. The predicted octanol–water partition coefficient (Wildman–Crippen LogP) is 1.56. The Labute approximate surface area is 215 Å². The van der Waals surface area contributed by atoms with Gasteiger partial charge in [-0.3, -0.25) is 19.6 Å². The van der Waals surface area contributed by atoms with Crippen LogP contribution in [0.15, 0.2) is 58.4 Å². The van der Waals surface area contributed by atoms with Gasteiger partial charge in [0.15, 0.2) is 15.7 Å². The zero-order valence-electron chi connectivity index (χ0n) is 20.9. The van der Waals surface area contributed by atoms with Crippen LogP contribution in [0.2, 0.25) is 0 Å². The first-order valence-corrected chi connectivity index (χ1v) is 13.2. The van der Waals surface area contributed by atoms with Crippen molar-refractivity contribution in [2.45, 2.75) is 31.8 Å². The Morgan fingerprint density at radius 1 is 1.16 bits per heavy atom. The quantitative estimate of drug-likeness (QED) is 0.150. The van der Waals surface area contributed by atoms with Gasteiger partial charge in [0.05, 0.1) is 22.5 Å². The van der Waals surface area contributed by atoms with Gasteiger partial charge >= 0.3 is 0 Å². The number of amides is 1. The summed E-state index contributed by atoms with van der Waals surface area (Å²) in [6.07, 6.45) is 1.40. The van der Waals surface area contributed by atoms with E-state index in [0.29, 0.717) is 11.1 Å². The third-order valence-corrected chi connectivity index (χ3v) is 7.54. The molecule has 7 N–H and O–H groups in total. The van der Waals surface area contributed by atoms with Gasteiger partial charge in [-0.1, -0.05) is 38.1 Å². The summed E-state index contributed by atoms with van der Waals surface area (Å²) in [5.74, 6) is -0.610. The van der Waals surface area contributed by atoms with Crippen molar-refractivity contribution in [3.05, 3.63) is 70.1 Å². The molecule has 0 saturated carbocycles. The van der Waals surface area contributed by atoms with Crippen molar-refractivity contribution in [2.24, 2.45) is 11.7 Å². The topological polar surface area (TPSA) is 186 Å². The summed E-state index contributed by atoms with van der Waals surface area (Å²) < 4.78 is 26.9. The average Bonchev–Trinajstić information content (AvgIpc) is 2.83. The largest absolute Gasteiger partial charge is 0.399 e. The number of carbonyl (C=O) groups is 1. The maximum atomic E-state index is 13.1. The Bertz CT molecular complexity index is 1480. The molecule has 3 rings (SSSR count). The first-order valence-electron chi connectivity index (χ1n) is 11.5. The van der Waals surface area contributed by atoms with Crippen LogP contribution >= 0.6 is 0 Å². The van der Waals surface area contributed by atoms with Gasteiger partial charge in [-0.25, -0.2) is 13.4 Å². The van der Waals surface area contributed by atoms with Crippen LogP contribution in [0.1, 0.15) is 25.0 Å². The maximum Gasteiger partial charge on any atom is 0.294 e. The number of nitrogens with two attached hydrogens (primary N) is 2. The van der Waals surface area contributed by atoms with Crippen LogP contribution < -0.4 is 27.7 Å². The Balaban J connectivity index is 1.94. The highest BCUT2D eigenvalue weighted by atomic mass is 32.2. The monoisotopic (exact) mass is 525 g/mol. The minimum absolute atomic E-state index is 0.0337. The van der Waals surface area contributed by atoms with E-state index in [4.69, 9.17) is 16.9 Å². The van der Waals surface area contributed by atoms with E-state index in [1.807, 2.05) is 0 Å². The molecule has 1 aromatic heterocycles. The van der Waals surface area contributed by atoms with E-state index >= 15 is 0 Å². The number of rotatable bonds is 10. The first-order chi connectivity index (χ1) is 17.4. The number of nitrogens with zero attached hydrogens (tertiary/aromatic N) is 2. The Kier molecular flexibility index (Phi) is 8.33. The molecule has 37 heavy (non-hydrogen) atoms. The van der Waals surface area contributed by atoms with E-state index in [0.717, 1.165) is 5.56 Å². The summed E-state index contributed by atoms with van der Waals surface area (Å²) in [5.41, 5.74) is 13.1. The molecule has 0 atom stereocenters. The summed E-state index contributed by atoms with van der Waals surface area (Å²) in [5, 5.41) is 12.9. The second-order valence-electron chi connectivity index (χ2n) is 8.99. The summed E-state index contributed by atoms with van der Waals surface area (Å²) >= 11 is 0. The van der Waals surface area contributed by atoms with Gasteiger partial charge < -0.3 is 22.1 Å². The Morgan fingerprint density at radius 3 is 2.43 bits per heavy atom. The number of anilines is 2. The molecule has 0 aliphatic carbocycles. The lowest BCUT2D eigenvalue weighted by molar-refractivity contribution is -0.121. The molecule has 0 fully saturated rings. The maximum absolute atomic E-state index is 13.1. The highest BCUT2D eigenvalue weighted by Gasteiger charge is 2.20. The Morgan fingerprint density at radius 2 is 1.84 bits per heavy atom. The SMILES string of the molecule is CNc1ncc(-c2cc(N)cc(S(=O)(=O)CC(C)C)c2)n(CC(=O)NCc2ccc(C(=N)N)cc2)c1=O. The molecule has 196 valence electrons. The van der Waals surface area contributed by atoms with E-state index in [2.05, 4.69) is 15.6 Å². The highest BCUT2D eigenvalue weighted by Crippen LogP contribution is 2.26. The van der Waals surface area contributed by atoms with Gasteiger partial charge in [-0.2, -0.15) is 0 Å². The molecule has 0 spiro atoms. The van der Waals surface area contributed by atoms with Crippen molar-refractivity contribution in [1.82, 2.24) is 14.9 Å². The summed E-state index contributed by atoms with van der Waals surface area (Å²) in [6, 6.07) is 11.2. The molecule has 3 aromatic rings. The van der Waals surface area contributed by atoms with Crippen LogP contribution in [0.3, 0.4) is 0 Å². The molecule has 0 radical (unpaired) electrons. The summed E-state index contributed by atoms with van der Waals surface area (Å²) in [7, 11) is -2.08. The fraction of sp³-hybridized carbons (Fsp3) is 0.280. The zero-order chi connectivity index (χ0) is 27.3. The van der Waals surface area contributed by atoms with Gasteiger partial charge in [0, 0.05) is 30.4 Å². The van der Waals surface area contributed by atoms with Gasteiger partial charge in [0.1, 0.15) is 12.4 Å². The molecule has 1 amide bonds. The number of nitrogen functional groups attached to an aromatic ring is 2. The van der Waals surface area contributed by atoms with Crippen molar-refractivity contribution < 1.29 is 13.2 Å². The third kappa shape index (κ3) is 6.73. The molecule has 12 heteroatoms. The lowest BCUT2D eigenvalue weighted by Crippen LogP contribution is -2.34. The molecule has 1 heterocycles. The summed E-state index contributed by atoms with van der Waals surface area (Å²) in [4.78, 5) is 30.1. The molecule has 0 aliphatic heterocycles. The number of hydrogen-bond donors (Lipinski definition) is 5. The van der Waals surface area contributed by atoms with Crippen molar-refractivity contribution in [2.75, 3.05) is 23.9 Å². The number of carbonyl (C=O) groups excluding carboxylic acids is 1. The fourth-order valence-corrected chi connectivity index (χ4v) is 5.43. The van der Waals surface area contributed by atoms with Crippen LogP contribution in [-0.2, 0) is 27.7 Å². The van der Waals surface area contributed by atoms with E-state index in [-0.39, 0.29) is 52.7 Å². The molecule has 0 saturated heterocycles. The van der Waals surface area contributed by atoms with Crippen LogP contribution in [-0.4, -0.2) is 42.5 Å². The molecule has 0 bridgehead atoms. The van der Waals surface area contributed by atoms with Gasteiger partial charge in [-0.15, -0.1) is 0 Å². The Hall–Kier alpha value is -4.19. The van der Waals surface area contributed by atoms with Gasteiger partial charge in [0.25, 0.3) is 5.56 Å². The van der Waals surface area contributed by atoms with Crippen molar-refractivity contribution in [1.29, 1.82) is 5.41 Å². The van der Waals surface area contributed by atoms with E-state index in [9.17, 15) is 18.0 Å². The van der Waals surface area contributed by atoms with E-state index in [1.54, 1.807) is 38.1 Å². The molecule has 11 nitrogen and oxygen atoms in total. The third-order valence-electron chi connectivity index (χ3n) is 5.48. The predicted molar refractivity (Wildman–Crippen MR) is 144 cm³/mol. The fourth-order valence-electron chi connectivity index (χ4n) is 3.73. The molecule has 0 aliphatic rings. The van der Waals surface area contributed by atoms with Crippen LogP contribution in [0.25, 0.3) is 11.3 Å². The average molecular weight is 526 g/mol. The standard InChI is InChI=1S/C25H31N7O4S/c1-15(2)14-37(35,36)20-9-18(8-19(26)10-20)21-12-31-24(29-3)25(34)32(21)13-22(33)30-11-16-4-6-17(7-5-16)23(27)28/h4-10,12,15H,11,13-14,26H2,1-3H3,(H3,27,28)(H,29,31)(H,30,33). The molecular weight excluding hydrogens is 494 g/mol. The van der Waals surface area contributed by atoms with Crippen LogP contribution in [0.5, 0.6) is 0 Å². The highest BCUT2D eigenvalue weighted by molar-refractivity contribution is 7.91. The smallest absolute Gasteiger partial charge is 0.294 e. The number of hydrogen-bond acceptors (Lipinski definition) is 8. The normalized spacial score (nSPS) is 11.4. The minimum Gasteiger partial charge on any atom is -0.399 e. The number of benzene rings is 2. The molecular formula is C25H31N7O4S. The number of sulfone groups is 1. The number of nitrogens with one attached hydrogen (secondary N) is 3. The van der Waals surface area contributed by atoms with Gasteiger partial charge in [0.2, 0.25) is 5.91 Å². The van der Waals surface area contributed by atoms with Crippen molar-refractivity contribution in [3.8, 4) is 11.3 Å². The second-order valence-corrected chi connectivity index (χ2v) is 11.0. The molecule has 0 unspecified atom stereocenters. The van der Waals surface area contributed by atoms with Crippen LogP contribution in [0, 0.1) is 11.3 Å². The van der Waals surface area contributed by atoms with E-state index in [1.165, 1.54) is 36.0 Å². The first kappa shape index (κ1) is 27.4.